The molecule has 0 saturated carbocycles. The van der Waals surface area contributed by atoms with E-state index in [2.05, 4.69) is 10.6 Å². The first-order valence-electron chi connectivity index (χ1n) is 9.79. The van der Waals surface area contributed by atoms with E-state index in [1.807, 2.05) is 19.2 Å². The average molecular weight is 406 g/mol. The van der Waals surface area contributed by atoms with Crippen LogP contribution in [0.1, 0.15) is 60.7 Å². The van der Waals surface area contributed by atoms with Gasteiger partial charge in [-0.05, 0) is 44.7 Å². The van der Waals surface area contributed by atoms with Crippen LogP contribution < -0.4 is 10.6 Å². The van der Waals surface area contributed by atoms with Crippen LogP contribution in [0.3, 0.4) is 0 Å². The summed E-state index contributed by atoms with van der Waals surface area (Å²) in [5.74, 6) is -0.301. The fourth-order valence-corrected chi connectivity index (χ4v) is 4.79. The van der Waals surface area contributed by atoms with Crippen LogP contribution >= 0.6 is 11.8 Å². The number of carbonyl (C=O) groups is 3. The Bertz CT molecular complexity index is 755. The van der Waals surface area contributed by atoms with Crippen molar-refractivity contribution in [1.29, 1.82) is 0 Å². The van der Waals surface area contributed by atoms with E-state index in [1.54, 1.807) is 17.8 Å². The monoisotopic (exact) mass is 405 g/mol. The van der Waals surface area contributed by atoms with E-state index < -0.39 is 18.2 Å². The molecule has 152 valence electrons. The molecule has 2 aliphatic heterocycles. The molecule has 2 unspecified atom stereocenters. The molecule has 0 aromatic heterocycles. The highest BCUT2D eigenvalue weighted by Gasteiger charge is 2.45. The Labute approximate surface area is 169 Å². The quantitative estimate of drug-likeness (QED) is 0.329. The van der Waals surface area contributed by atoms with Gasteiger partial charge in [-0.15, -0.1) is 11.8 Å². The van der Waals surface area contributed by atoms with Crippen LogP contribution in [0.2, 0.25) is 0 Å². The molecule has 28 heavy (non-hydrogen) atoms. The van der Waals surface area contributed by atoms with Gasteiger partial charge in [0.25, 0.3) is 5.91 Å². The van der Waals surface area contributed by atoms with Crippen LogP contribution in [0, 0.1) is 0 Å². The third-order valence-electron chi connectivity index (χ3n) is 5.17. The van der Waals surface area contributed by atoms with Crippen molar-refractivity contribution < 1.29 is 19.5 Å². The van der Waals surface area contributed by atoms with E-state index in [4.69, 9.17) is 0 Å². The Hall–Kier alpha value is -1.90. The van der Waals surface area contributed by atoms with Gasteiger partial charge in [-0.2, -0.15) is 0 Å². The zero-order valence-corrected chi connectivity index (χ0v) is 16.9. The van der Waals surface area contributed by atoms with Crippen LogP contribution in [0.5, 0.6) is 0 Å². The van der Waals surface area contributed by atoms with Crippen molar-refractivity contribution in [3.8, 4) is 0 Å². The van der Waals surface area contributed by atoms with Gasteiger partial charge in [-0.3, -0.25) is 24.6 Å². The molecule has 3 rings (SSSR count). The molecule has 1 aromatic rings. The maximum atomic E-state index is 13.0. The summed E-state index contributed by atoms with van der Waals surface area (Å²) in [6.07, 6.45) is 3.78. The third-order valence-corrected chi connectivity index (χ3v) is 6.32. The van der Waals surface area contributed by atoms with E-state index in [-0.39, 0.29) is 24.7 Å². The number of hydrogen-bond donors (Lipinski definition) is 3. The summed E-state index contributed by atoms with van der Waals surface area (Å²) < 4.78 is 0. The number of rotatable bonds is 9. The number of hydrogen-bond acceptors (Lipinski definition) is 6. The van der Waals surface area contributed by atoms with Crippen molar-refractivity contribution in [3.63, 3.8) is 0 Å². The van der Waals surface area contributed by atoms with Crippen LogP contribution in [-0.4, -0.2) is 53.1 Å². The molecule has 2 heterocycles. The molecule has 7 nitrogen and oxygen atoms in total. The van der Waals surface area contributed by atoms with Gasteiger partial charge in [0.1, 0.15) is 6.04 Å². The normalized spacial score (nSPS) is 21.8. The molecular weight excluding hydrogens is 378 g/mol. The SMILES string of the molecule is CNCCCCCCSc1cccc2c1C(=O)N(C1CCC(=O)NC1=O)C2O. The zero-order chi connectivity index (χ0) is 20.1. The number of carbonyl (C=O) groups excluding carboxylic acids is 3. The topological polar surface area (TPSA) is 98.7 Å². The van der Waals surface area contributed by atoms with E-state index in [1.165, 1.54) is 11.3 Å². The standard InChI is InChI=1S/C20H27N3O4S/c1-21-11-4-2-3-5-12-28-15-8-6-7-13-17(15)20(27)23(19(13)26)14-9-10-16(24)22-18(14)25/h6-8,14,19,21,26H,2-5,9-12H2,1H3,(H,22,24,25). The molecule has 0 bridgehead atoms. The Kier molecular flexibility index (Phi) is 7.09. The lowest BCUT2D eigenvalue weighted by Crippen LogP contribution is -2.53. The minimum absolute atomic E-state index is 0.165. The fraction of sp³-hybridized carbons (Fsp3) is 0.550. The van der Waals surface area contributed by atoms with Crippen molar-refractivity contribution in [2.24, 2.45) is 0 Å². The fourth-order valence-electron chi connectivity index (χ4n) is 3.70. The molecule has 8 heteroatoms. The van der Waals surface area contributed by atoms with Crippen molar-refractivity contribution >= 4 is 29.5 Å². The highest BCUT2D eigenvalue weighted by molar-refractivity contribution is 7.99. The molecule has 3 N–H and O–H groups in total. The highest BCUT2D eigenvalue weighted by atomic mass is 32.2. The van der Waals surface area contributed by atoms with E-state index in [0.717, 1.165) is 36.5 Å². The lowest BCUT2D eigenvalue weighted by atomic mass is 10.0. The molecule has 0 radical (unpaired) electrons. The van der Waals surface area contributed by atoms with E-state index in [9.17, 15) is 19.5 Å². The predicted molar refractivity (Wildman–Crippen MR) is 107 cm³/mol. The molecule has 0 aliphatic carbocycles. The molecular formula is C20H27N3O4S. The smallest absolute Gasteiger partial charge is 0.258 e. The summed E-state index contributed by atoms with van der Waals surface area (Å²) in [6, 6.07) is 4.63. The minimum atomic E-state index is -1.16. The van der Waals surface area contributed by atoms with E-state index >= 15 is 0 Å². The summed E-state index contributed by atoms with van der Waals surface area (Å²) in [5.41, 5.74) is 1.02. The molecule has 2 atom stereocenters. The average Bonchev–Trinajstić information content (AvgIpc) is 2.93. The summed E-state index contributed by atoms with van der Waals surface area (Å²) in [6.45, 7) is 1.03. The number of nitrogens with one attached hydrogen (secondary N) is 2. The van der Waals surface area contributed by atoms with Crippen molar-refractivity contribution in [3.05, 3.63) is 29.3 Å². The van der Waals surface area contributed by atoms with Crippen molar-refractivity contribution in [2.75, 3.05) is 19.3 Å². The van der Waals surface area contributed by atoms with Crippen LogP contribution in [0.25, 0.3) is 0 Å². The Morgan fingerprint density at radius 2 is 2.00 bits per heavy atom. The van der Waals surface area contributed by atoms with Gasteiger partial charge >= 0.3 is 0 Å². The van der Waals surface area contributed by atoms with Gasteiger partial charge in [-0.25, -0.2) is 0 Å². The first-order valence-corrected chi connectivity index (χ1v) is 10.8. The number of nitrogens with zero attached hydrogens (tertiary/aromatic N) is 1. The first-order chi connectivity index (χ1) is 13.5. The third kappa shape index (κ3) is 4.39. The van der Waals surface area contributed by atoms with E-state index in [0.29, 0.717) is 11.1 Å². The molecule has 3 amide bonds. The van der Waals surface area contributed by atoms with Gasteiger partial charge in [0, 0.05) is 16.9 Å². The number of unbranched alkanes of at least 4 members (excludes halogenated alkanes) is 3. The molecule has 1 saturated heterocycles. The second-order valence-corrected chi connectivity index (χ2v) is 8.28. The van der Waals surface area contributed by atoms with Gasteiger partial charge in [0.05, 0.1) is 5.56 Å². The van der Waals surface area contributed by atoms with Crippen LogP contribution in [-0.2, 0) is 9.59 Å². The van der Waals surface area contributed by atoms with Gasteiger partial charge in [0.2, 0.25) is 11.8 Å². The first kappa shape index (κ1) is 20.8. The number of thioether (sulfide) groups is 1. The summed E-state index contributed by atoms with van der Waals surface area (Å²) >= 11 is 1.62. The zero-order valence-electron chi connectivity index (χ0n) is 16.1. The molecule has 1 fully saturated rings. The second kappa shape index (κ2) is 9.54. The number of benzene rings is 1. The number of fused-ring (bicyclic) bond motifs is 1. The molecule has 2 aliphatic rings. The lowest BCUT2D eigenvalue weighted by molar-refractivity contribution is -0.139. The second-order valence-electron chi connectivity index (χ2n) is 7.14. The minimum Gasteiger partial charge on any atom is -0.369 e. The Morgan fingerprint density at radius 1 is 1.21 bits per heavy atom. The Morgan fingerprint density at radius 3 is 2.75 bits per heavy atom. The number of aliphatic hydroxyl groups is 1. The maximum absolute atomic E-state index is 13.0. The van der Waals surface area contributed by atoms with Gasteiger partial charge < -0.3 is 10.4 Å². The summed E-state index contributed by atoms with van der Waals surface area (Å²) in [4.78, 5) is 38.7. The summed E-state index contributed by atoms with van der Waals surface area (Å²) in [7, 11) is 1.95. The summed E-state index contributed by atoms with van der Waals surface area (Å²) in [5, 5.41) is 16.1. The Balaban J connectivity index is 1.66. The lowest BCUT2D eigenvalue weighted by Gasteiger charge is -2.31. The maximum Gasteiger partial charge on any atom is 0.258 e. The molecule has 1 aromatic carbocycles. The number of imide groups is 1. The van der Waals surface area contributed by atoms with Gasteiger partial charge in [-0.1, -0.05) is 25.0 Å². The van der Waals surface area contributed by atoms with Crippen molar-refractivity contribution in [1.82, 2.24) is 15.5 Å². The number of aliphatic hydroxyl groups excluding tert-OH is 1. The van der Waals surface area contributed by atoms with Crippen LogP contribution in [0.4, 0.5) is 0 Å². The highest BCUT2D eigenvalue weighted by Crippen LogP contribution is 2.40. The largest absolute Gasteiger partial charge is 0.369 e. The predicted octanol–water partition coefficient (Wildman–Crippen LogP) is 1.81. The number of piperidine rings is 1. The van der Waals surface area contributed by atoms with Crippen molar-refractivity contribution in [2.45, 2.75) is 55.7 Å². The van der Waals surface area contributed by atoms with Gasteiger partial charge in [0.15, 0.2) is 6.23 Å². The molecule has 0 spiro atoms. The number of amides is 3. The van der Waals surface area contributed by atoms with Crippen LogP contribution in [0.15, 0.2) is 23.1 Å².